The molecule has 1 heterocycles. The highest BCUT2D eigenvalue weighted by atomic mass is 32.2. The van der Waals surface area contributed by atoms with Crippen molar-refractivity contribution in [3.05, 3.63) is 36.0 Å². The van der Waals surface area contributed by atoms with Gasteiger partial charge >= 0.3 is 0 Å². The van der Waals surface area contributed by atoms with E-state index in [4.69, 9.17) is 5.73 Å². The summed E-state index contributed by atoms with van der Waals surface area (Å²) in [5, 5.41) is 3.90. The molecular weight excluding hydrogens is 276 g/mol. The number of nitrogens with zero attached hydrogens (tertiary/aromatic N) is 2. The minimum Gasteiger partial charge on any atom is -0.394 e. The molecule has 2 aromatic rings. The molecule has 7 heteroatoms. The second-order valence-corrected chi connectivity index (χ2v) is 6.25. The van der Waals surface area contributed by atoms with Gasteiger partial charge in [-0.1, -0.05) is 25.5 Å². The lowest BCUT2D eigenvalue weighted by atomic mass is 10.1. The van der Waals surface area contributed by atoms with Gasteiger partial charge < -0.3 is 5.73 Å². The maximum atomic E-state index is 12.3. The van der Waals surface area contributed by atoms with Crippen LogP contribution in [-0.2, 0) is 23.5 Å². The van der Waals surface area contributed by atoms with Gasteiger partial charge in [0.1, 0.15) is 0 Å². The SMILES string of the molecule is CCCc1ccc(S(=O)(=O)Nc2c(N)cnn2C)cc1. The van der Waals surface area contributed by atoms with Crippen LogP contribution in [0.4, 0.5) is 11.5 Å². The first kappa shape index (κ1) is 14.4. The van der Waals surface area contributed by atoms with Crippen LogP contribution in [0.15, 0.2) is 35.4 Å². The van der Waals surface area contributed by atoms with E-state index in [9.17, 15) is 8.42 Å². The number of nitrogens with two attached hydrogens (primary N) is 1. The van der Waals surface area contributed by atoms with E-state index in [-0.39, 0.29) is 10.7 Å². The van der Waals surface area contributed by atoms with Crippen LogP contribution < -0.4 is 10.5 Å². The van der Waals surface area contributed by atoms with Gasteiger partial charge in [-0.25, -0.2) is 8.42 Å². The Balaban J connectivity index is 2.26. The van der Waals surface area contributed by atoms with Crippen LogP contribution >= 0.6 is 0 Å². The van der Waals surface area contributed by atoms with Gasteiger partial charge in [-0.3, -0.25) is 9.40 Å². The molecule has 0 saturated carbocycles. The van der Waals surface area contributed by atoms with Crippen molar-refractivity contribution in [2.75, 3.05) is 10.5 Å². The molecule has 0 aliphatic carbocycles. The molecule has 0 bridgehead atoms. The predicted molar refractivity (Wildman–Crippen MR) is 78.9 cm³/mol. The molecular formula is C13H18N4O2S. The molecule has 0 aliphatic rings. The zero-order chi connectivity index (χ0) is 14.8. The van der Waals surface area contributed by atoms with E-state index in [0.717, 1.165) is 18.4 Å². The molecule has 1 aromatic heterocycles. The Bertz CT molecular complexity index is 670. The van der Waals surface area contributed by atoms with Crippen LogP contribution in [0.5, 0.6) is 0 Å². The summed E-state index contributed by atoms with van der Waals surface area (Å²) in [4.78, 5) is 0.206. The lowest BCUT2D eigenvalue weighted by Crippen LogP contribution is -2.16. The highest BCUT2D eigenvalue weighted by Crippen LogP contribution is 2.21. The summed E-state index contributed by atoms with van der Waals surface area (Å²) >= 11 is 0. The van der Waals surface area contributed by atoms with E-state index in [0.29, 0.717) is 5.69 Å². The Kier molecular flexibility index (Phi) is 3.99. The molecule has 0 aliphatic heterocycles. The lowest BCUT2D eigenvalue weighted by Gasteiger charge is -2.09. The summed E-state index contributed by atoms with van der Waals surface area (Å²) in [5.41, 5.74) is 7.09. The van der Waals surface area contributed by atoms with Crippen molar-refractivity contribution in [3.63, 3.8) is 0 Å². The van der Waals surface area contributed by atoms with Crippen LogP contribution in [-0.4, -0.2) is 18.2 Å². The van der Waals surface area contributed by atoms with Crippen molar-refractivity contribution in [2.45, 2.75) is 24.7 Å². The Morgan fingerprint density at radius 2 is 1.95 bits per heavy atom. The third-order valence-electron chi connectivity index (χ3n) is 2.97. The fourth-order valence-electron chi connectivity index (χ4n) is 1.89. The van der Waals surface area contributed by atoms with Crippen LogP contribution in [0.2, 0.25) is 0 Å². The zero-order valence-corrected chi connectivity index (χ0v) is 12.3. The van der Waals surface area contributed by atoms with Gasteiger partial charge in [0, 0.05) is 7.05 Å². The van der Waals surface area contributed by atoms with Gasteiger partial charge in [-0.05, 0) is 24.1 Å². The van der Waals surface area contributed by atoms with Crippen molar-refractivity contribution in [1.82, 2.24) is 9.78 Å². The van der Waals surface area contributed by atoms with Crippen molar-refractivity contribution in [1.29, 1.82) is 0 Å². The van der Waals surface area contributed by atoms with Gasteiger partial charge in [-0.15, -0.1) is 0 Å². The standard InChI is InChI=1S/C13H18N4O2S/c1-3-4-10-5-7-11(8-6-10)20(18,19)16-13-12(14)9-15-17(13)2/h5-9,16H,3-4,14H2,1-2H3. The molecule has 0 atom stereocenters. The van der Waals surface area contributed by atoms with Gasteiger partial charge in [0.15, 0.2) is 5.82 Å². The number of nitrogen functional groups attached to an aromatic ring is 1. The molecule has 0 amide bonds. The van der Waals surface area contributed by atoms with Gasteiger partial charge in [0.2, 0.25) is 0 Å². The second-order valence-electron chi connectivity index (χ2n) is 4.57. The molecule has 6 nitrogen and oxygen atoms in total. The first-order chi connectivity index (χ1) is 9.44. The molecule has 0 saturated heterocycles. The molecule has 0 fully saturated rings. The summed E-state index contributed by atoms with van der Waals surface area (Å²) in [6.45, 7) is 2.08. The van der Waals surface area contributed by atoms with Gasteiger partial charge in [0.05, 0.1) is 16.8 Å². The number of aryl methyl sites for hydroxylation is 2. The molecule has 3 N–H and O–H groups in total. The number of hydrogen-bond donors (Lipinski definition) is 2. The van der Waals surface area contributed by atoms with Crippen LogP contribution in [0.3, 0.4) is 0 Å². The van der Waals surface area contributed by atoms with Crippen molar-refractivity contribution in [3.8, 4) is 0 Å². The number of aromatic nitrogens is 2. The van der Waals surface area contributed by atoms with E-state index >= 15 is 0 Å². The third-order valence-corrected chi connectivity index (χ3v) is 4.33. The monoisotopic (exact) mass is 294 g/mol. The fourth-order valence-corrected chi connectivity index (χ4v) is 3.01. The minimum absolute atomic E-state index is 0.206. The van der Waals surface area contributed by atoms with Crippen molar-refractivity contribution >= 4 is 21.5 Å². The highest BCUT2D eigenvalue weighted by molar-refractivity contribution is 7.92. The molecule has 2 rings (SSSR count). The van der Waals surface area contributed by atoms with Crippen LogP contribution in [0.25, 0.3) is 0 Å². The average Bonchev–Trinajstić information content (AvgIpc) is 2.71. The lowest BCUT2D eigenvalue weighted by molar-refractivity contribution is 0.600. The summed E-state index contributed by atoms with van der Waals surface area (Å²) < 4.78 is 28.4. The third kappa shape index (κ3) is 2.93. The smallest absolute Gasteiger partial charge is 0.263 e. The van der Waals surface area contributed by atoms with Crippen molar-refractivity contribution in [2.24, 2.45) is 7.05 Å². The molecule has 0 radical (unpaired) electrons. The van der Waals surface area contributed by atoms with Gasteiger partial charge in [0.25, 0.3) is 10.0 Å². The summed E-state index contributed by atoms with van der Waals surface area (Å²) in [6.07, 6.45) is 3.36. The minimum atomic E-state index is -3.65. The van der Waals surface area contributed by atoms with Gasteiger partial charge in [-0.2, -0.15) is 5.10 Å². The van der Waals surface area contributed by atoms with E-state index in [1.807, 2.05) is 12.1 Å². The molecule has 1 aromatic carbocycles. The average molecular weight is 294 g/mol. The van der Waals surface area contributed by atoms with Crippen LogP contribution in [0.1, 0.15) is 18.9 Å². The molecule has 0 spiro atoms. The second kappa shape index (κ2) is 5.54. The first-order valence-corrected chi connectivity index (χ1v) is 7.81. The number of hydrogen-bond acceptors (Lipinski definition) is 4. The first-order valence-electron chi connectivity index (χ1n) is 6.33. The molecule has 20 heavy (non-hydrogen) atoms. The Morgan fingerprint density at radius 1 is 1.30 bits per heavy atom. The zero-order valence-electron chi connectivity index (χ0n) is 11.5. The van der Waals surface area contributed by atoms with E-state index < -0.39 is 10.0 Å². The summed E-state index contributed by atoms with van der Waals surface area (Å²) in [7, 11) is -2.03. The Hall–Kier alpha value is -2.02. The Labute approximate surface area is 118 Å². The quantitative estimate of drug-likeness (QED) is 0.879. The predicted octanol–water partition coefficient (Wildman–Crippen LogP) is 1.76. The largest absolute Gasteiger partial charge is 0.394 e. The normalized spacial score (nSPS) is 11.5. The Morgan fingerprint density at radius 3 is 2.45 bits per heavy atom. The number of anilines is 2. The number of nitrogens with one attached hydrogen (secondary N) is 1. The summed E-state index contributed by atoms with van der Waals surface area (Å²) in [6, 6.07) is 6.84. The number of rotatable bonds is 5. The van der Waals surface area contributed by atoms with E-state index in [1.54, 1.807) is 19.2 Å². The summed E-state index contributed by atoms with van der Waals surface area (Å²) in [5.74, 6) is 0.266. The number of sulfonamides is 1. The van der Waals surface area contributed by atoms with E-state index in [1.165, 1.54) is 10.9 Å². The van der Waals surface area contributed by atoms with Crippen LogP contribution in [0, 0.1) is 0 Å². The molecule has 0 unspecified atom stereocenters. The topological polar surface area (TPSA) is 90.0 Å². The maximum Gasteiger partial charge on any atom is 0.263 e. The molecule has 108 valence electrons. The van der Waals surface area contributed by atoms with Crippen molar-refractivity contribution < 1.29 is 8.42 Å². The maximum absolute atomic E-state index is 12.3. The highest BCUT2D eigenvalue weighted by Gasteiger charge is 2.17. The number of benzene rings is 1. The fraction of sp³-hybridized carbons (Fsp3) is 0.308. The van der Waals surface area contributed by atoms with E-state index in [2.05, 4.69) is 16.7 Å².